The Morgan fingerprint density at radius 2 is 0.973 bits per heavy atom. The molecule has 1 aliphatic rings. The van der Waals surface area contributed by atoms with E-state index < -0.39 is 67.4 Å². The van der Waals surface area contributed by atoms with E-state index in [1.807, 2.05) is 6.08 Å². The molecule has 0 bridgehead atoms. The van der Waals surface area contributed by atoms with E-state index in [4.69, 9.17) is 14.2 Å². The van der Waals surface area contributed by atoms with E-state index in [0.29, 0.717) is 12.8 Å². The van der Waals surface area contributed by atoms with Crippen LogP contribution in [0.5, 0.6) is 0 Å². The van der Waals surface area contributed by atoms with Crippen LogP contribution in [0.1, 0.15) is 252 Å². The van der Waals surface area contributed by atoms with Crippen LogP contribution < -0.4 is 5.32 Å². The van der Waals surface area contributed by atoms with Crippen LogP contribution in [0.25, 0.3) is 0 Å². The van der Waals surface area contributed by atoms with Crippen LogP contribution in [-0.2, 0) is 23.8 Å². The number of rotatable bonds is 50. The Bertz CT molecular complexity index is 1480. The fourth-order valence-electron chi connectivity index (χ4n) is 9.09. The average Bonchev–Trinajstić information content (AvgIpc) is 3.40. The molecular weight excluding hydrogens is 931 g/mol. The summed E-state index contributed by atoms with van der Waals surface area (Å²) in [7, 11) is 0. The second-order valence-corrected chi connectivity index (χ2v) is 20.7. The zero-order valence-corrected chi connectivity index (χ0v) is 47.2. The molecule has 0 aromatic carbocycles. The predicted molar refractivity (Wildman–Crippen MR) is 306 cm³/mol. The van der Waals surface area contributed by atoms with Gasteiger partial charge in [0, 0.05) is 6.42 Å². The summed E-state index contributed by atoms with van der Waals surface area (Å²) in [6, 6.07) is -1.04. The third kappa shape index (κ3) is 38.6. The number of amides is 1. The monoisotopic (exact) mass is 1040 g/mol. The Morgan fingerprint density at radius 1 is 0.541 bits per heavy atom. The quantitative estimate of drug-likeness (QED) is 0.0195. The molecule has 11 heteroatoms. The summed E-state index contributed by atoms with van der Waals surface area (Å²) in [6.45, 7) is 5.65. The van der Waals surface area contributed by atoms with Crippen molar-refractivity contribution in [1.82, 2.24) is 5.32 Å². The third-order valence-corrected chi connectivity index (χ3v) is 13.9. The van der Waals surface area contributed by atoms with Gasteiger partial charge in [-0.1, -0.05) is 248 Å². The molecule has 1 amide bonds. The molecular formula is C63H111NO10. The summed E-state index contributed by atoms with van der Waals surface area (Å²) in [5, 5.41) is 56.9. The molecule has 0 saturated carbocycles. The number of esters is 1. The van der Waals surface area contributed by atoms with Gasteiger partial charge in [0.25, 0.3) is 0 Å². The second-order valence-electron chi connectivity index (χ2n) is 20.7. The van der Waals surface area contributed by atoms with Gasteiger partial charge in [-0.3, -0.25) is 9.59 Å². The maximum atomic E-state index is 13.4. The van der Waals surface area contributed by atoms with Crippen molar-refractivity contribution in [2.45, 2.75) is 301 Å². The minimum Gasteiger partial charge on any atom is -0.454 e. The van der Waals surface area contributed by atoms with Crippen LogP contribution in [0, 0.1) is 0 Å². The van der Waals surface area contributed by atoms with E-state index in [-0.39, 0.29) is 19.4 Å². The van der Waals surface area contributed by atoms with Crippen molar-refractivity contribution in [3.05, 3.63) is 72.9 Å². The summed E-state index contributed by atoms with van der Waals surface area (Å²) in [5.74, 6) is -1.21. The molecule has 1 saturated heterocycles. The fourth-order valence-corrected chi connectivity index (χ4v) is 9.09. The molecule has 0 aliphatic carbocycles. The van der Waals surface area contributed by atoms with Crippen molar-refractivity contribution < 1.29 is 49.3 Å². The van der Waals surface area contributed by atoms with Crippen molar-refractivity contribution >= 4 is 11.9 Å². The highest BCUT2D eigenvalue weighted by molar-refractivity contribution is 5.80. The van der Waals surface area contributed by atoms with Gasteiger partial charge in [0.2, 0.25) is 5.91 Å². The minimum atomic E-state index is -1.62. The topological polar surface area (TPSA) is 175 Å². The van der Waals surface area contributed by atoms with E-state index in [1.54, 1.807) is 6.08 Å². The number of hydrogen-bond acceptors (Lipinski definition) is 10. The van der Waals surface area contributed by atoms with E-state index in [2.05, 4.69) is 86.8 Å². The molecule has 428 valence electrons. The number of ether oxygens (including phenoxy) is 3. The lowest BCUT2D eigenvalue weighted by Gasteiger charge is -2.41. The lowest BCUT2D eigenvalue weighted by Crippen LogP contribution is -2.61. The number of unbranched alkanes of at least 4 members (excludes halogenated alkanes) is 26. The Labute approximate surface area is 451 Å². The normalized spacial score (nSPS) is 19.8. The molecule has 1 fully saturated rings. The van der Waals surface area contributed by atoms with Crippen molar-refractivity contribution in [3.8, 4) is 0 Å². The SMILES string of the molecule is CC/C=C\C/C=C\C/C=C\C/C=C\C/C=C\CCCCCCC(O)C(=O)NC(COC1OC(CO)C(O)C(O)C1OC(=O)CCCCCCCCCCCCCCCC)C(O)/C=C/CCCCCCCCCCC. The smallest absolute Gasteiger partial charge is 0.306 e. The van der Waals surface area contributed by atoms with Gasteiger partial charge in [-0.15, -0.1) is 0 Å². The van der Waals surface area contributed by atoms with E-state index in [9.17, 15) is 35.1 Å². The van der Waals surface area contributed by atoms with Crippen LogP contribution in [-0.4, -0.2) is 99.6 Å². The van der Waals surface area contributed by atoms with Crippen molar-refractivity contribution in [2.24, 2.45) is 0 Å². The molecule has 8 atom stereocenters. The second kappa shape index (κ2) is 50.9. The van der Waals surface area contributed by atoms with Crippen LogP contribution in [0.2, 0.25) is 0 Å². The van der Waals surface area contributed by atoms with Crippen molar-refractivity contribution in [3.63, 3.8) is 0 Å². The molecule has 1 aliphatic heterocycles. The lowest BCUT2D eigenvalue weighted by molar-refractivity contribution is -0.305. The first kappa shape index (κ1) is 69.1. The number of nitrogens with one attached hydrogen (secondary N) is 1. The number of aliphatic hydroxyl groups is 5. The molecule has 1 rings (SSSR count). The molecule has 74 heavy (non-hydrogen) atoms. The van der Waals surface area contributed by atoms with Gasteiger partial charge in [-0.2, -0.15) is 0 Å². The minimum absolute atomic E-state index is 0.122. The Balaban J connectivity index is 2.70. The van der Waals surface area contributed by atoms with Gasteiger partial charge >= 0.3 is 5.97 Å². The zero-order chi connectivity index (χ0) is 54.0. The first-order valence-corrected chi connectivity index (χ1v) is 30.2. The van der Waals surface area contributed by atoms with Gasteiger partial charge < -0.3 is 45.1 Å². The molecule has 0 spiro atoms. The lowest BCUT2D eigenvalue weighted by atomic mass is 9.99. The van der Waals surface area contributed by atoms with Gasteiger partial charge in [-0.25, -0.2) is 0 Å². The zero-order valence-electron chi connectivity index (χ0n) is 47.2. The predicted octanol–water partition coefficient (Wildman–Crippen LogP) is 14.0. The Hall–Kier alpha value is -2.90. The van der Waals surface area contributed by atoms with Crippen molar-refractivity contribution in [1.29, 1.82) is 0 Å². The summed E-state index contributed by atoms with van der Waals surface area (Å²) < 4.78 is 17.6. The van der Waals surface area contributed by atoms with Crippen LogP contribution in [0.4, 0.5) is 0 Å². The first-order valence-electron chi connectivity index (χ1n) is 30.2. The first-order chi connectivity index (χ1) is 36.2. The maximum Gasteiger partial charge on any atom is 0.306 e. The highest BCUT2D eigenvalue weighted by Crippen LogP contribution is 2.26. The molecule has 11 nitrogen and oxygen atoms in total. The molecule has 0 radical (unpaired) electrons. The number of hydrogen-bond donors (Lipinski definition) is 6. The van der Waals surface area contributed by atoms with Gasteiger partial charge in [0.05, 0.1) is 25.4 Å². The Kier molecular flexibility index (Phi) is 47.5. The highest BCUT2D eigenvalue weighted by Gasteiger charge is 2.47. The summed E-state index contributed by atoms with van der Waals surface area (Å²) >= 11 is 0. The number of carbonyl (C=O) groups is 2. The van der Waals surface area contributed by atoms with Crippen LogP contribution >= 0.6 is 0 Å². The van der Waals surface area contributed by atoms with Gasteiger partial charge in [0.15, 0.2) is 12.4 Å². The highest BCUT2D eigenvalue weighted by atomic mass is 16.7. The van der Waals surface area contributed by atoms with Crippen molar-refractivity contribution in [2.75, 3.05) is 13.2 Å². The van der Waals surface area contributed by atoms with E-state index >= 15 is 0 Å². The summed E-state index contributed by atoms with van der Waals surface area (Å²) in [5.41, 5.74) is 0. The van der Waals surface area contributed by atoms with E-state index in [1.165, 1.54) is 109 Å². The molecule has 1 heterocycles. The average molecular weight is 1040 g/mol. The van der Waals surface area contributed by atoms with Crippen LogP contribution in [0.15, 0.2) is 72.9 Å². The van der Waals surface area contributed by atoms with Crippen LogP contribution in [0.3, 0.4) is 0 Å². The fraction of sp³-hybridized carbons (Fsp3) is 0.778. The summed E-state index contributed by atoms with van der Waals surface area (Å²) in [4.78, 5) is 26.5. The molecule has 8 unspecified atom stereocenters. The number of allylic oxidation sites excluding steroid dienone is 11. The Morgan fingerprint density at radius 3 is 1.46 bits per heavy atom. The standard InChI is InChI=1S/C63H111NO10/c1-4-7-10-13-16-19-22-24-26-27-28-29-30-31-32-35-38-41-44-47-50-56(67)62(71)64-54(55(66)49-46-43-40-37-34-21-18-15-12-9-6-3)53-72-63-61(60(70)59(69)57(52-65)73-63)74-58(68)51-48-45-42-39-36-33-25-23-20-17-14-11-8-5-2/h7,10,16,19,24,26,28-29,31-32,46,49,54-57,59-61,63,65-67,69-70H,4-6,8-9,11-15,17-18,20-23,25,27,30,33-45,47-48,50-53H2,1-3H3,(H,64,71)/b10-7-,19-16-,26-24-,29-28-,32-31-,49-46+. The van der Waals surface area contributed by atoms with Gasteiger partial charge in [-0.05, 0) is 70.6 Å². The third-order valence-electron chi connectivity index (χ3n) is 13.9. The molecule has 0 aromatic heterocycles. The molecule has 0 aromatic rings. The van der Waals surface area contributed by atoms with Gasteiger partial charge in [0.1, 0.15) is 24.4 Å². The van der Waals surface area contributed by atoms with E-state index in [0.717, 1.165) is 96.3 Å². The summed E-state index contributed by atoms with van der Waals surface area (Å²) in [6.07, 6.45) is 53.7. The molecule has 6 N–H and O–H groups in total. The maximum absolute atomic E-state index is 13.4. The largest absolute Gasteiger partial charge is 0.454 e. The number of aliphatic hydroxyl groups excluding tert-OH is 5. The number of carbonyl (C=O) groups excluding carboxylic acids is 2.